The highest BCUT2D eigenvalue weighted by Crippen LogP contribution is 2.40. The molecule has 2 fully saturated rings. The molecular weight excluding hydrogens is 294 g/mol. The minimum Gasteiger partial charge on any atom is -0.443 e. The van der Waals surface area contributed by atoms with E-state index in [2.05, 4.69) is 4.98 Å². The van der Waals surface area contributed by atoms with Crippen LogP contribution >= 0.6 is 0 Å². The molecule has 0 atom stereocenters. The van der Waals surface area contributed by atoms with Crippen LogP contribution in [-0.4, -0.2) is 39.3 Å². The lowest BCUT2D eigenvalue weighted by atomic mass is 9.81. The summed E-state index contributed by atoms with van der Waals surface area (Å²) >= 11 is 0. The van der Waals surface area contributed by atoms with Crippen LogP contribution in [0.3, 0.4) is 0 Å². The highest BCUT2D eigenvalue weighted by atomic mass is 16.4. The van der Waals surface area contributed by atoms with Gasteiger partial charge in [-0.1, -0.05) is 40.0 Å². The van der Waals surface area contributed by atoms with Crippen molar-refractivity contribution in [2.45, 2.75) is 70.4 Å². The molecule has 126 valence electrons. The van der Waals surface area contributed by atoms with Crippen molar-refractivity contribution < 1.29 is 14.0 Å². The molecule has 1 aliphatic heterocycles. The lowest BCUT2D eigenvalue weighted by molar-refractivity contribution is -0.135. The molecule has 2 aliphatic rings. The van der Waals surface area contributed by atoms with Crippen LogP contribution in [0.4, 0.5) is 4.79 Å². The average Bonchev–Trinajstić information content (AvgIpc) is 3.04. The van der Waals surface area contributed by atoms with Crippen LogP contribution in [0.15, 0.2) is 10.6 Å². The third kappa shape index (κ3) is 2.54. The zero-order valence-electron chi connectivity index (χ0n) is 14.4. The van der Waals surface area contributed by atoms with E-state index in [0.29, 0.717) is 5.89 Å². The van der Waals surface area contributed by atoms with Crippen molar-refractivity contribution in [2.75, 3.05) is 7.05 Å². The van der Waals surface area contributed by atoms with Gasteiger partial charge >= 0.3 is 6.03 Å². The standard InChI is InChI=1S/C17H25N3O3/c1-16(2,3)12-10-18-13(23-12)11-20-14(21)17(19(4)15(20)22)8-6-5-7-9-17/h10H,5-9,11H2,1-4H3. The second-order valence-electron chi connectivity index (χ2n) is 7.69. The van der Waals surface area contributed by atoms with Gasteiger partial charge in [0.15, 0.2) is 0 Å². The van der Waals surface area contributed by atoms with E-state index in [9.17, 15) is 9.59 Å². The van der Waals surface area contributed by atoms with E-state index in [4.69, 9.17) is 4.42 Å². The van der Waals surface area contributed by atoms with E-state index >= 15 is 0 Å². The summed E-state index contributed by atoms with van der Waals surface area (Å²) in [5, 5.41) is 0. The molecule has 1 aromatic rings. The molecule has 0 bridgehead atoms. The molecule has 1 spiro atoms. The van der Waals surface area contributed by atoms with E-state index in [1.807, 2.05) is 20.8 Å². The Morgan fingerprint density at radius 3 is 2.43 bits per heavy atom. The van der Waals surface area contributed by atoms with E-state index in [1.54, 1.807) is 18.1 Å². The molecule has 0 aromatic carbocycles. The van der Waals surface area contributed by atoms with Gasteiger partial charge in [0.1, 0.15) is 17.8 Å². The zero-order chi connectivity index (χ0) is 16.8. The van der Waals surface area contributed by atoms with Crippen LogP contribution in [0.25, 0.3) is 0 Å². The lowest BCUT2D eigenvalue weighted by Gasteiger charge is -2.35. The van der Waals surface area contributed by atoms with E-state index < -0.39 is 5.54 Å². The molecule has 0 radical (unpaired) electrons. The predicted molar refractivity (Wildman–Crippen MR) is 84.7 cm³/mol. The van der Waals surface area contributed by atoms with Gasteiger partial charge in [0.05, 0.1) is 6.20 Å². The van der Waals surface area contributed by atoms with E-state index in [-0.39, 0.29) is 23.9 Å². The second-order valence-corrected chi connectivity index (χ2v) is 7.69. The molecule has 2 heterocycles. The van der Waals surface area contributed by atoms with Crippen molar-refractivity contribution in [3.05, 3.63) is 17.8 Å². The quantitative estimate of drug-likeness (QED) is 0.786. The summed E-state index contributed by atoms with van der Waals surface area (Å²) in [5.41, 5.74) is -0.791. The number of oxazole rings is 1. The molecule has 1 aliphatic carbocycles. The summed E-state index contributed by atoms with van der Waals surface area (Å²) in [4.78, 5) is 32.6. The smallest absolute Gasteiger partial charge is 0.327 e. The number of amides is 3. The van der Waals surface area contributed by atoms with Crippen molar-refractivity contribution in [1.29, 1.82) is 0 Å². The third-order valence-electron chi connectivity index (χ3n) is 5.07. The van der Waals surface area contributed by atoms with Gasteiger partial charge in [0.2, 0.25) is 5.89 Å². The fourth-order valence-corrected chi connectivity index (χ4v) is 3.54. The van der Waals surface area contributed by atoms with Gasteiger partial charge in [-0.25, -0.2) is 9.78 Å². The molecule has 3 amide bonds. The number of carbonyl (C=O) groups excluding carboxylic acids is 2. The van der Waals surface area contributed by atoms with Crippen LogP contribution < -0.4 is 0 Å². The molecule has 3 rings (SSSR count). The number of hydrogen-bond donors (Lipinski definition) is 0. The summed E-state index contributed by atoms with van der Waals surface area (Å²) in [5.74, 6) is 1.07. The van der Waals surface area contributed by atoms with Gasteiger partial charge < -0.3 is 9.32 Å². The zero-order valence-corrected chi connectivity index (χ0v) is 14.4. The van der Waals surface area contributed by atoms with Crippen molar-refractivity contribution in [3.63, 3.8) is 0 Å². The Balaban J connectivity index is 1.82. The average molecular weight is 319 g/mol. The number of rotatable bonds is 2. The van der Waals surface area contributed by atoms with Crippen molar-refractivity contribution in [1.82, 2.24) is 14.8 Å². The van der Waals surface area contributed by atoms with Gasteiger partial charge in [0.25, 0.3) is 5.91 Å². The highest BCUT2D eigenvalue weighted by molar-refractivity contribution is 6.06. The van der Waals surface area contributed by atoms with Crippen molar-refractivity contribution in [3.8, 4) is 0 Å². The number of nitrogens with zero attached hydrogens (tertiary/aromatic N) is 3. The number of carbonyl (C=O) groups is 2. The molecule has 6 nitrogen and oxygen atoms in total. The maximum Gasteiger partial charge on any atom is 0.327 e. The summed E-state index contributed by atoms with van der Waals surface area (Å²) in [6, 6.07) is -0.243. The summed E-state index contributed by atoms with van der Waals surface area (Å²) in [6.45, 7) is 6.22. The molecule has 1 saturated carbocycles. The molecule has 0 N–H and O–H groups in total. The molecule has 0 unspecified atom stereocenters. The number of likely N-dealkylation sites (N-methyl/N-ethyl adjacent to an activating group) is 1. The minimum atomic E-state index is -0.644. The topological polar surface area (TPSA) is 66.7 Å². The largest absolute Gasteiger partial charge is 0.443 e. The number of imide groups is 1. The molecule has 1 aromatic heterocycles. The highest BCUT2D eigenvalue weighted by Gasteiger charge is 2.55. The SMILES string of the molecule is CN1C(=O)N(Cc2ncc(C(C)(C)C)o2)C(=O)C12CCCCC2. The van der Waals surface area contributed by atoms with Crippen LogP contribution in [-0.2, 0) is 16.8 Å². The predicted octanol–water partition coefficient (Wildman–Crippen LogP) is 3.07. The first-order chi connectivity index (χ1) is 10.8. The Kier molecular flexibility index (Phi) is 3.73. The summed E-state index contributed by atoms with van der Waals surface area (Å²) in [6.07, 6.45) is 6.30. The van der Waals surface area contributed by atoms with Crippen LogP contribution in [0.2, 0.25) is 0 Å². The summed E-state index contributed by atoms with van der Waals surface area (Å²) < 4.78 is 5.74. The first kappa shape index (κ1) is 16.0. The lowest BCUT2D eigenvalue weighted by Crippen LogP contribution is -2.49. The Morgan fingerprint density at radius 1 is 1.22 bits per heavy atom. The maximum absolute atomic E-state index is 12.9. The van der Waals surface area contributed by atoms with Gasteiger partial charge in [0, 0.05) is 12.5 Å². The van der Waals surface area contributed by atoms with E-state index in [0.717, 1.165) is 37.9 Å². The number of hydrogen-bond acceptors (Lipinski definition) is 4. The minimum absolute atomic E-state index is 0.0970. The van der Waals surface area contributed by atoms with Crippen molar-refractivity contribution >= 4 is 11.9 Å². The Labute approximate surface area is 136 Å². The van der Waals surface area contributed by atoms with Gasteiger partial charge in [-0.05, 0) is 12.8 Å². The fourth-order valence-electron chi connectivity index (χ4n) is 3.54. The Morgan fingerprint density at radius 2 is 1.87 bits per heavy atom. The normalized spacial score (nSPS) is 21.6. The Bertz CT molecular complexity index is 623. The monoisotopic (exact) mass is 319 g/mol. The van der Waals surface area contributed by atoms with E-state index in [1.165, 1.54) is 4.90 Å². The summed E-state index contributed by atoms with van der Waals surface area (Å²) in [7, 11) is 1.74. The third-order valence-corrected chi connectivity index (χ3v) is 5.07. The van der Waals surface area contributed by atoms with Gasteiger partial charge in [-0.2, -0.15) is 0 Å². The first-order valence-corrected chi connectivity index (χ1v) is 8.31. The molecular formula is C17H25N3O3. The Hall–Kier alpha value is -1.85. The fraction of sp³-hybridized carbons (Fsp3) is 0.706. The number of aromatic nitrogens is 1. The molecule has 1 saturated heterocycles. The van der Waals surface area contributed by atoms with Gasteiger partial charge in [-0.15, -0.1) is 0 Å². The van der Waals surface area contributed by atoms with Crippen molar-refractivity contribution in [2.24, 2.45) is 0 Å². The number of urea groups is 1. The van der Waals surface area contributed by atoms with Crippen LogP contribution in [0, 0.1) is 0 Å². The molecule has 6 heteroatoms. The first-order valence-electron chi connectivity index (χ1n) is 8.31. The maximum atomic E-state index is 12.9. The van der Waals surface area contributed by atoms with Gasteiger partial charge in [-0.3, -0.25) is 9.69 Å². The molecule has 23 heavy (non-hydrogen) atoms. The van der Waals surface area contributed by atoms with Crippen LogP contribution in [0.1, 0.15) is 64.5 Å². The second kappa shape index (κ2) is 5.35. The van der Waals surface area contributed by atoms with Crippen LogP contribution in [0.5, 0.6) is 0 Å².